The second-order valence-corrected chi connectivity index (χ2v) is 23.6. The van der Waals surface area contributed by atoms with E-state index in [-0.39, 0.29) is 18.9 Å². The second-order valence-electron chi connectivity index (χ2n) is 23.6. The van der Waals surface area contributed by atoms with E-state index in [0.717, 1.165) is 44.9 Å². The summed E-state index contributed by atoms with van der Waals surface area (Å²) in [7, 11) is 0. The van der Waals surface area contributed by atoms with Gasteiger partial charge in [-0.3, -0.25) is 4.79 Å². The molecule has 3 aliphatic rings. The molecule has 12 N–H and O–H groups in total. The minimum atomic E-state index is -1.98. The lowest BCUT2D eigenvalue weighted by atomic mass is 9.96. The summed E-state index contributed by atoms with van der Waals surface area (Å²) in [6.45, 7) is 1.71. The number of hydrogen-bond donors (Lipinski definition) is 12. The van der Waals surface area contributed by atoms with Crippen LogP contribution < -0.4 is 5.32 Å². The van der Waals surface area contributed by atoms with Crippen molar-refractivity contribution < 1.29 is 89.4 Å². The van der Waals surface area contributed by atoms with Gasteiger partial charge in [0.2, 0.25) is 5.91 Å². The lowest BCUT2D eigenvalue weighted by molar-refractivity contribution is -0.379. The minimum absolute atomic E-state index is 0.235. The zero-order chi connectivity index (χ0) is 60.5. The quantitative estimate of drug-likeness (QED) is 0.0211. The smallest absolute Gasteiger partial charge is 0.220 e. The van der Waals surface area contributed by atoms with E-state index in [2.05, 4.69) is 43.5 Å². The summed E-state index contributed by atoms with van der Waals surface area (Å²) in [6, 6.07) is -0.993. The minimum Gasteiger partial charge on any atom is -0.394 e. The fourth-order valence-electron chi connectivity index (χ4n) is 11.0. The summed E-state index contributed by atoms with van der Waals surface area (Å²) in [4.78, 5) is 13.3. The highest BCUT2D eigenvalue weighted by molar-refractivity contribution is 5.76. The highest BCUT2D eigenvalue weighted by atomic mass is 16.8. The molecule has 19 nitrogen and oxygen atoms in total. The number of aliphatic hydroxyl groups excluding tert-OH is 11. The second kappa shape index (κ2) is 47.1. The van der Waals surface area contributed by atoms with Gasteiger partial charge in [-0.25, -0.2) is 0 Å². The Morgan fingerprint density at radius 2 is 0.771 bits per heavy atom. The van der Waals surface area contributed by atoms with Crippen molar-refractivity contribution >= 4 is 5.91 Å². The van der Waals surface area contributed by atoms with Gasteiger partial charge >= 0.3 is 0 Å². The average Bonchev–Trinajstić information content (AvgIpc) is 3.25. The molecule has 0 aromatic carbocycles. The van der Waals surface area contributed by atoms with E-state index in [1.165, 1.54) is 154 Å². The van der Waals surface area contributed by atoms with E-state index in [9.17, 15) is 61.0 Å². The Morgan fingerprint density at radius 3 is 1.20 bits per heavy atom. The van der Waals surface area contributed by atoms with Gasteiger partial charge in [-0.05, 0) is 44.9 Å². The first kappa shape index (κ1) is 75.3. The highest BCUT2D eigenvalue weighted by Crippen LogP contribution is 2.33. The van der Waals surface area contributed by atoms with Crippen molar-refractivity contribution in [3.8, 4) is 0 Å². The molecule has 0 spiro atoms. The fourth-order valence-corrected chi connectivity index (χ4v) is 11.0. The Balaban J connectivity index is 1.49. The zero-order valence-corrected chi connectivity index (χ0v) is 50.9. The standard InChI is InChI=1S/C64H117NO18/c1-3-5-7-9-11-13-15-17-19-21-22-23-24-25-26-27-29-31-33-35-37-39-41-48(69)47(65-52(70)42-40-38-36-34-32-30-28-20-18-16-14-12-10-8-6-4-2)46-78-62-58(76)55(73)60(50(44-67)80-62)83-64-59(77)56(74)61(51(45-68)81-64)82-63-57(75)54(72)53(71)49(43-66)79-63/h25-26,31,33,39,41,47-51,53-64,66-69,71-77H,3-24,27-30,32,34-38,40,42-46H2,1-2H3,(H,65,70)/b26-25+,33-31+,41-39+. The lowest BCUT2D eigenvalue weighted by Gasteiger charge is -2.48. The van der Waals surface area contributed by atoms with Crippen LogP contribution in [0.1, 0.15) is 232 Å². The number of rotatable bonds is 49. The first-order chi connectivity index (χ1) is 40.3. The van der Waals surface area contributed by atoms with Gasteiger partial charge in [0.1, 0.15) is 73.2 Å². The van der Waals surface area contributed by atoms with Crippen LogP contribution in [-0.2, 0) is 33.2 Å². The van der Waals surface area contributed by atoms with Crippen LogP contribution in [0.2, 0.25) is 0 Å². The van der Waals surface area contributed by atoms with Gasteiger partial charge in [0.05, 0.1) is 38.6 Å². The van der Waals surface area contributed by atoms with Crippen molar-refractivity contribution in [2.45, 2.75) is 336 Å². The molecule has 0 aliphatic carbocycles. The number of unbranched alkanes of at least 4 members (excludes halogenated alkanes) is 29. The Kier molecular flexibility index (Phi) is 42.7. The molecule has 3 heterocycles. The monoisotopic (exact) mass is 1190 g/mol. The van der Waals surface area contributed by atoms with Crippen molar-refractivity contribution in [3.63, 3.8) is 0 Å². The third-order valence-corrected chi connectivity index (χ3v) is 16.4. The third-order valence-electron chi connectivity index (χ3n) is 16.4. The van der Waals surface area contributed by atoms with E-state index in [1.807, 2.05) is 6.08 Å². The van der Waals surface area contributed by atoms with Crippen LogP contribution in [0.3, 0.4) is 0 Å². The summed E-state index contributed by atoms with van der Waals surface area (Å²) in [5.41, 5.74) is 0. The summed E-state index contributed by atoms with van der Waals surface area (Å²) in [5.74, 6) is -0.287. The molecule has 19 heteroatoms. The molecule has 3 rings (SSSR count). The molecular formula is C64H117NO18. The fraction of sp³-hybridized carbons (Fsp3) is 0.891. The molecule has 3 aliphatic heterocycles. The van der Waals surface area contributed by atoms with Crippen LogP contribution >= 0.6 is 0 Å². The van der Waals surface area contributed by atoms with Crippen molar-refractivity contribution in [1.82, 2.24) is 5.32 Å². The van der Waals surface area contributed by atoms with Crippen LogP contribution in [0.5, 0.6) is 0 Å². The molecule has 0 aromatic heterocycles. The molecule has 0 saturated carbocycles. The molecule has 3 fully saturated rings. The summed E-state index contributed by atoms with van der Waals surface area (Å²) < 4.78 is 34.3. The number of hydrogen-bond acceptors (Lipinski definition) is 18. The molecule has 486 valence electrons. The van der Waals surface area contributed by atoms with Gasteiger partial charge in [-0.2, -0.15) is 0 Å². The molecular weight excluding hydrogens is 1070 g/mol. The van der Waals surface area contributed by atoms with Gasteiger partial charge in [0, 0.05) is 6.42 Å². The number of carbonyl (C=O) groups is 1. The zero-order valence-electron chi connectivity index (χ0n) is 50.9. The van der Waals surface area contributed by atoms with E-state index < -0.39 is 124 Å². The average molecular weight is 1190 g/mol. The number of carbonyl (C=O) groups excluding carboxylic acids is 1. The predicted octanol–water partition coefficient (Wildman–Crippen LogP) is 7.27. The molecule has 0 bridgehead atoms. The molecule has 17 unspecified atom stereocenters. The SMILES string of the molecule is CCCCCCCCCCCCCC/C=C/CC/C=C/CC/C=C/C(O)C(COC1OC(CO)C(OC2OC(CO)C(OC3OC(CO)C(O)C(O)C3O)C(O)C2O)C(O)C1O)NC(=O)CCCCCCCCCCCCCCCCCC. The van der Waals surface area contributed by atoms with Gasteiger partial charge < -0.3 is 89.9 Å². The van der Waals surface area contributed by atoms with Crippen LogP contribution in [0, 0.1) is 0 Å². The number of ether oxygens (including phenoxy) is 6. The van der Waals surface area contributed by atoms with E-state index >= 15 is 0 Å². The third kappa shape index (κ3) is 30.2. The Labute approximate surface area is 498 Å². The van der Waals surface area contributed by atoms with Crippen molar-refractivity contribution in [3.05, 3.63) is 36.5 Å². The Bertz CT molecular complexity index is 1660. The topological polar surface area (TPSA) is 307 Å². The maximum Gasteiger partial charge on any atom is 0.220 e. The molecule has 17 atom stereocenters. The van der Waals surface area contributed by atoms with Crippen LogP contribution in [-0.4, -0.2) is 193 Å². The van der Waals surface area contributed by atoms with Crippen LogP contribution in [0.25, 0.3) is 0 Å². The number of nitrogens with one attached hydrogen (secondary N) is 1. The van der Waals surface area contributed by atoms with E-state index in [0.29, 0.717) is 12.8 Å². The Hall–Kier alpha value is -1.99. The van der Waals surface area contributed by atoms with Crippen molar-refractivity contribution in [2.75, 3.05) is 26.4 Å². The molecule has 3 saturated heterocycles. The molecule has 1 amide bonds. The molecule has 83 heavy (non-hydrogen) atoms. The molecule has 0 radical (unpaired) electrons. The normalized spacial score (nSPS) is 29.6. The van der Waals surface area contributed by atoms with Crippen LogP contribution in [0.15, 0.2) is 36.5 Å². The molecule has 0 aromatic rings. The van der Waals surface area contributed by atoms with Crippen molar-refractivity contribution in [2.24, 2.45) is 0 Å². The predicted molar refractivity (Wildman–Crippen MR) is 319 cm³/mol. The Morgan fingerprint density at radius 1 is 0.422 bits per heavy atom. The number of amides is 1. The maximum atomic E-state index is 13.3. The number of allylic oxidation sites excluding steroid dienone is 5. The highest BCUT2D eigenvalue weighted by Gasteiger charge is 2.53. The van der Waals surface area contributed by atoms with Crippen molar-refractivity contribution in [1.29, 1.82) is 0 Å². The van der Waals surface area contributed by atoms with Crippen LogP contribution in [0.4, 0.5) is 0 Å². The summed E-state index contributed by atoms with van der Waals surface area (Å²) >= 11 is 0. The largest absolute Gasteiger partial charge is 0.394 e. The van der Waals surface area contributed by atoms with Gasteiger partial charge in [0.15, 0.2) is 18.9 Å². The number of aliphatic hydroxyl groups is 11. The summed E-state index contributed by atoms with van der Waals surface area (Å²) in [6.07, 6.45) is 25.5. The first-order valence-corrected chi connectivity index (χ1v) is 32.7. The maximum absolute atomic E-state index is 13.3. The van der Waals surface area contributed by atoms with E-state index in [1.54, 1.807) is 6.08 Å². The van der Waals surface area contributed by atoms with Gasteiger partial charge in [-0.15, -0.1) is 0 Å². The summed E-state index contributed by atoms with van der Waals surface area (Å²) in [5, 5.41) is 120. The van der Waals surface area contributed by atoms with E-state index in [4.69, 9.17) is 28.4 Å². The lowest BCUT2D eigenvalue weighted by Crippen LogP contribution is -2.66. The first-order valence-electron chi connectivity index (χ1n) is 32.7. The van der Waals surface area contributed by atoms with Gasteiger partial charge in [0.25, 0.3) is 0 Å². The van der Waals surface area contributed by atoms with Gasteiger partial charge in [-0.1, -0.05) is 217 Å².